The lowest BCUT2D eigenvalue weighted by molar-refractivity contribution is -0.919. The number of anilines is 1. The third-order valence-corrected chi connectivity index (χ3v) is 6.50. The molecule has 0 bridgehead atoms. The molecule has 2 aliphatic heterocycles. The summed E-state index contributed by atoms with van der Waals surface area (Å²) < 4.78 is 10.7. The van der Waals surface area contributed by atoms with Crippen molar-refractivity contribution in [1.29, 1.82) is 0 Å². The van der Waals surface area contributed by atoms with Crippen molar-refractivity contribution in [2.75, 3.05) is 25.2 Å². The first-order valence-electron chi connectivity index (χ1n) is 10.8. The van der Waals surface area contributed by atoms with Crippen molar-refractivity contribution in [2.45, 2.75) is 25.8 Å². The predicted molar refractivity (Wildman–Crippen MR) is 117 cm³/mol. The van der Waals surface area contributed by atoms with Crippen LogP contribution in [-0.2, 0) is 4.79 Å². The summed E-state index contributed by atoms with van der Waals surface area (Å²) in [5.74, 6) is 1.47. The van der Waals surface area contributed by atoms with Gasteiger partial charge < -0.3 is 24.7 Å². The maximum absolute atomic E-state index is 13.1. The Hall–Kier alpha value is -3.32. The second kappa shape index (κ2) is 8.07. The number of aromatic amines is 1. The maximum Gasteiger partial charge on any atom is 0.231 e. The first-order chi connectivity index (χ1) is 15.1. The number of nitrogens with one attached hydrogen (secondary N) is 3. The van der Waals surface area contributed by atoms with Crippen molar-refractivity contribution in [3.8, 4) is 11.5 Å². The van der Waals surface area contributed by atoms with Gasteiger partial charge in [-0.3, -0.25) is 9.59 Å². The van der Waals surface area contributed by atoms with Gasteiger partial charge in [0, 0.05) is 53.2 Å². The largest absolute Gasteiger partial charge is 0.454 e. The van der Waals surface area contributed by atoms with E-state index < -0.39 is 0 Å². The summed E-state index contributed by atoms with van der Waals surface area (Å²) in [6.45, 7) is 3.80. The van der Waals surface area contributed by atoms with Crippen LogP contribution in [0.3, 0.4) is 0 Å². The Bertz CT molecular complexity index is 1130. The number of likely N-dealkylation sites (tertiary alicyclic amines) is 1. The van der Waals surface area contributed by atoms with Crippen LogP contribution in [0.4, 0.5) is 5.69 Å². The molecule has 3 heterocycles. The Balaban J connectivity index is 1.19. The molecule has 0 unspecified atom stereocenters. The third kappa shape index (κ3) is 3.77. The highest BCUT2D eigenvalue weighted by Crippen LogP contribution is 2.34. The van der Waals surface area contributed by atoms with Crippen LogP contribution in [-0.4, -0.2) is 42.6 Å². The number of aromatic nitrogens is 1. The Morgan fingerprint density at radius 1 is 1.10 bits per heavy atom. The Morgan fingerprint density at radius 2 is 1.87 bits per heavy atom. The van der Waals surface area contributed by atoms with Gasteiger partial charge in [0.1, 0.15) is 6.04 Å². The highest BCUT2D eigenvalue weighted by atomic mass is 16.7. The van der Waals surface area contributed by atoms with E-state index >= 15 is 0 Å². The van der Waals surface area contributed by atoms with Gasteiger partial charge in [0.05, 0.1) is 13.1 Å². The fraction of sp³-hybridized carbons (Fsp3) is 0.333. The van der Waals surface area contributed by atoms with Crippen LogP contribution >= 0.6 is 0 Å². The quantitative estimate of drug-likeness (QED) is 0.554. The topological polar surface area (TPSA) is 84.9 Å². The van der Waals surface area contributed by atoms with Gasteiger partial charge in [-0.1, -0.05) is 18.2 Å². The van der Waals surface area contributed by atoms with Crippen LogP contribution in [0.1, 0.15) is 30.1 Å². The normalized spacial score (nSPS) is 21.1. The number of ether oxygens (including phenoxy) is 2. The molecule has 7 heteroatoms. The summed E-state index contributed by atoms with van der Waals surface area (Å²) in [6, 6.07) is 13.2. The number of carbonyl (C=O) groups is 2. The highest BCUT2D eigenvalue weighted by molar-refractivity contribution is 6.09. The van der Waals surface area contributed by atoms with Gasteiger partial charge in [0.2, 0.25) is 18.5 Å². The number of carbonyl (C=O) groups excluding carboxylic acids is 2. The number of rotatable bonds is 5. The first-order valence-corrected chi connectivity index (χ1v) is 10.8. The van der Waals surface area contributed by atoms with Crippen LogP contribution in [0.2, 0.25) is 0 Å². The summed E-state index contributed by atoms with van der Waals surface area (Å²) >= 11 is 0. The fourth-order valence-corrected chi connectivity index (χ4v) is 4.60. The zero-order valence-electron chi connectivity index (χ0n) is 17.4. The zero-order chi connectivity index (χ0) is 21.4. The average Bonchev–Trinajstić information content (AvgIpc) is 3.45. The number of benzene rings is 2. The molecule has 31 heavy (non-hydrogen) atoms. The van der Waals surface area contributed by atoms with Gasteiger partial charge >= 0.3 is 0 Å². The molecule has 2 aliphatic rings. The van der Waals surface area contributed by atoms with Crippen molar-refractivity contribution in [1.82, 2.24) is 4.98 Å². The molecule has 2 aromatic carbocycles. The molecule has 1 aromatic heterocycles. The summed E-state index contributed by atoms with van der Waals surface area (Å²) in [4.78, 5) is 30.3. The van der Waals surface area contributed by atoms with Crippen molar-refractivity contribution >= 4 is 28.3 Å². The molecule has 3 aromatic rings. The summed E-state index contributed by atoms with van der Waals surface area (Å²) in [5, 5.41) is 3.97. The van der Waals surface area contributed by atoms with E-state index in [2.05, 4.69) is 10.3 Å². The van der Waals surface area contributed by atoms with Crippen LogP contribution in [0.5, 0.6) is 11.5 Å². The molecule has 160 valence electrons. The summed E-state index contributed by atoms with van der Waals surface area (Å²) in [7, 11) is 0. The highest BCUT2D eigenvalue weighted by Gasteiger charge is 2.34. The minimum Gasteiger partial charge on any atom is -0.454 e. The van der Waals surface area contributed by atoms with E-state index in [9.17, 15) is 9.59 Å². The molecule has 1 fully saturated rings. The molecule has 0 aliphatic carbocycles. The number of para-hydroxylation sites is 1. The van der Waals surface area contributed by atoms with Gasteiger partial charge in [-0.15, -0.1) is 0 Å². The maximum atomic E-state index is 13.1. The molecule has 1 amide bonds. The predicted octanol–water partition coefficient (Wildman–Crippen LogP) is 2.40. The Labute approximate surface area is 180 Å². The molecule has 0 saturated carbocycles. The number of piperidine rings is 1. The summed E-state index contributed by atoms with van der Waals surface area (Å²) in [6.07, 6.45) is 3.34. The average molecular weight is 420 g/mol. The van der Waals surface area contributed by atoms with Crippen LogP contribution in [0.25, 0.3) is 10.9 Å². The third-order valence-electron chi connectivity index (χ3n) is 6.50. The molecule has 3 N–H and O–H groups in total. The van der Waals surface area contributed by atoms with Gasteiger partial charge in [-0.25, -0.2) is 0 Å². The molecule has 0 radical (unpaired) electrons. The standard InChI is InChI=1S/C24H25N3O4/c1-15(23(28)19-13-25-20-5-3-2-4-18(19)20)27-10-8-16(9-11-27)24(29)26-17-6-7-21-22(12-17)31-14-30-21/h2-7,12-13,15-16,25H,8-11,14H2,1H3,(H,26,29)/p+1/t15-/m1/s1. The minimum absolute atomic E-state index is 0.0218. The Morgan fingerprint density at radius 3 is 2.71 bits per heavy atom. The van der Waals surface area contributed by atoms with Crippen molar-refractivity contribution in [3.63, 3.8) is 0 Å². The van der Waals surface area contributed by atoms with Crippen LogP contribution in [0.15, 0.2) is 48.7 Å². The van der Waals surface area contributed by atoms with Gasteiger partial charge in [-0.2, -0.15) is 0 Å². The van der Waals surface area contributed by atoms with E-state index in [1.54, 1.807) is 6.07 Å². The van der Waals surface area contributed by atoms with Gasteiger partial charge in [0.25, 0.3) is 0 Å². The monoisotopic (exact) mass is 420 g/mol. The van der Waals surface area contributed by atoms with Gasteiger partial charge in [-0.05, 0) is 25.1 Å². The lowest BCUT2D eigenvalue weighted by Gasteiger charge is -2.32. The summed E-state index contributed by atoms with van der Waals surface area (Å²) in [5.41, 5.74) is 2.44. The molecular weight excluding hydrogens is 394 g/mol. The number of Topliss-reactive ketones (excluding diaryl/α,β-unsaturated/α-hetero) is 1. The van der Waals surface area contributed by atoms with E-state index in [0.29, 0.717) is 17.2 Å². The number of hydrogen-bond donors (Lipinski definition) is 3. The molecule has 0 spiro atoms. The smallest absolute Gasteiger partial charge is 0.231 e. The van der Waals surface area contributed by atoms with E-state index in [0.717, 1.165) is 42.4 Å². The molecule has 5 rings (SSSR count). The number of fused-ring (bicyclic) bond motifs is 2. The number of H-pyrrole nitrogens is 1. The van der Waals surface area contributed by atoms with Crippen LogP contribution < -0.4 is 19.7 Å². The van der Waals surface area contributed by atoms with E-state index in [1.807, 2.05) is 49.5 Å². The van der Waals surface area contributed by atoms with E-state index in [1.165, 1.54) is 4.90 Å². The number of hydrogen-bond acceptors (Lipinski definition) is 4. The van der Waals surface area contributed by atoms with E-state index in [4.69, 9.17) is 9.47 Å². The SMILES string of the molecule is C[C@H](C(=O)c1c[nH]c2ccccc12)[NH+]1CCC(C(=O)Nc2ccc3c(c2)OCO3)CC1. The van der Waals surface area contributed by atoms with Gasteiger partial charge in [0.15, 0.2) is 11.5 Å². The fourth-order valence-electron chi connectivity index (χ4n) is 4.60. The minimum atomic E-state index is -0.142. The number of amides is 1. The second-order valence-corrected chi connectivity index (χ2v) is 8.32. The van der Waals surface area contributed by atoms with Crippen LogP contribution in [0, 0.1) is 5.92 Å². The second-order valence-electron chi connectivity index (χ2n) is 8.32. The molecule has 1 atom stereocenters. The van der Waals surface area contributed by atoms with Crippen molar-refractivity contribution in [2.24, 2.45) is 5.92 Å². The molecular formula is C24H26N3O4+. The number of quaternary nitrogens is 1. The molecule has 7 nitrogen and oxygen atoms in total. The number of ketones is 1. The van der Waals surface area contributed by atoms with E-state index in [-0.39, 0.29) is 30.4 Å². The van der Waals surface area contributed by atoms with Crippen molar-refractivity contribution in [3.05, 3.63) is 54.2 Å². The lowest BCUT2D eigenvalue weighted by atomic mass is 9.93. The van der Waals surface area contributed by atoms with Crippen molar-refractivity contribution < 1.29 is 24.0 Å². The molecule has 1 saturated heterocycles. The Kier molecular flexibility index (Phi) is 5.11. The first kappa shape index (κ1) is 19.6. The zero-order valence-corrected chi connectivity index (χ0v) is 17.4. The lowest BCUT2D eigenvalue weighted by Crippen LogP contribution is -3.17.